The number of nitrogens with one attached hydrogen (secondary N) is 1. The Morgan fingerprint density at radius 2 is 1.81 bits per heavy atom. The summed E-state index contributed by atoms with van der Waals surface area (Å²) in [5.41, 5.74) is 1.38. The van der Waals surface area contributed by atoms with Gasteiger partial charge in [0.05, 0.1) is 12.0 Å². The van der Waals surface area contributed by atoms with Crippen molar-refractivity contribution in [2.75, 3.05) is 19.0 Å². The Bertz CT molecular complexity index is 863. The van der Waals surface area contributed by atoms with Crippen molar-refractivity contribution in [2.24, 2.45) is 0 Å². The van der Waals surface area contributed by atoms with E-state index >= 15 is 0 Å². The predicted octanol–water partition coefficient (Wildman–Crippen LogP) is 3.37. The second-order valence-corrected chi connectivity index (χ2v) is 6.45. The molecule has 2 aromatic rings. The molecule has 1 N–H and O–H groups in total. The maximum absolute atomic E-state index is 12.4. The minimum atomic E-state index is -0.464. The van der Waals surface area contributed by atoms with E-state index in [-0.39, 0.29) is 6.54 Å². The van der Waals surface area contributed by atoms with Gasteiger partial charge >= 0.3 is 0 Å². The van der Waals surface area contributed by atoms with Gasteiger partial charge in [0.25, 0.3) is 11.1 Å². The van der Waals surface area contributed by atoms with Crippen molar-refractivity contribution in [3.8, 4) is 5.75 Å². The Balaban J connectivity index is 1.65. The van der Waals surface area contributed by atoms with Crippen molar-refractivity contribution in [2.45, 2.75) is 0 Å². The first-order valence-electron chi connectivity index (χ1n) is 7.81. The fraction of sp³-hybridized carbons (Fsp3) is 0.105. The molecule has 7 heteroatoms. The van der Waals surface area contributed by atoms with Gasteiger partial charge < -0.3 is 10.1 Å². The van der Waals surface area contributed by atoms with Gasteiger partial charge in [0, 0.05) is 5.69 Å². The van der Waals surface area contributed by atoms with E-state index in [9.17, 15) is 14.4 Å². The molecule has 1 aliphatic rings. The van der Waals surface area contributed by atoms with Gasteiger partial charge in [0.15, 0.2) is 0 Å². The zero-order valence-corrected chi connectivity index (χ0v) is 14.8. The molecule has 26 heavy (non-hydrogen) atoms. The molecule has 1 heterocycles. The first kappa shape index (κ1) is 17.8. The highest BCUT2D eigenvalue weighted by Crippen LogP contribution is 2.32. The van der Waals surface area contributed by atoms with Crippen LogP contribution in [0.3, 0.4) is 0 Å². The van der Waals surface area contributed by atoms with Gasteiger partial charge in [-0.05, 0) is 47.7 Å². The molecule has 0 aromatic heterocycles. The van der Waals surface area contributed by atoms with E-state index in [0.717, 1.165) is 22.2 Å². The topological polar surface area (TPSA) is 75.7 Å². The maximum Gasteiger partial charge on any atom is 0.294 e. The summed E-state index contributed by atoms with van der Waals surface area (Å²) >= 11 is 0.832. The third-order valence-electron chi connectivity index (χ3n) is 3.65. The number of imide groups is 1. The number of rotatable bonds is 5. The largest absolute Gasteiger partial charge is 0.497 e. The van der Waals surface area contributed by atoms with E-state index in [0.29, 0.717) is 16.3 Å². The summed E-state index contributed by atoms with van der Waals surface area (Å²) in [7, 11) is 1.55. The smallest absolute Gasteiger partial charge is 0.294 e. The van der Waals surface area contributed by atoms with Gasteiger partial charge in [-0.2, -0.15) is 0 Å². The van der Waals surface area contributed by atoms with Crippen LogP contribution >= 0.6 is 11.8 Å². The Morgan fingerprint density at radius 1 is 1.12 bits per heavy atom. The molecule has 3 rings (SSSR count). The zero-order chi connectivity index (χ0) is 18.5. The molecule has 132 valence electrons. The van der Waals surface area contributed by atoms with Crippen molar-refractivity contribution in [3.63, 3.8) is 0 Å². The Kier molecular flexibility index (Phi) is 5.38. The number of thioether (sulfide) groups is 1. The fourth-order valence-electron chi connectivity index (χ4n) is 2.36. The second kappa shape index (κ2) is 7.88. The van der Waals surface area contributed by atoms with Crippen molar-refractivity contribution in [3.05, 3.63) is 65.1 Å². The highest BCUT2D eigenvalue weighted by atomic mass is 32.2. The lowest BCUT2D eigenvalue weighted by molar-refractivity contribution is -0.127. The molecule has 0 bridgehead atoms. The van der Waals surface area contributed by atoms with Crippen molar-refractivity contribution in [1.29, 1.82) is 0 Å². The van der Waals surface area contributed by atoms with Crippen LogP contribution in [0.1, 0.15) is 5.56 Å². The standard InChI is InChI=1S/C19H16N2O4S/c1-25-15-9-7-14(8-10-15)20-17(22)12-21-18(23)16(26-19(21)24)11-13-5-3-2-4-6-13/h2-11H,12H2,1H3,(H,20,22)/b16-11-. The Labute approximate surface area is 154 Å². The molecular weight excluding hydrogens is 352 g/mol. The molecule has 1 saturated heterocycles. The van der Waals surface area contributed by atoms with Gasteiger partial charge in [-0.15, -0.1) is 0 Å². The van der Waals surface area contributed by atoms with Crippen LogP contribution in [0.15, 0.2) is 59.5 Å². The third-order valence-corrected chi connectivity index (χ3v) is 4.55. The van der Waals surface area contributed by atoms with Crippen LogP contribution in [0, 0.1) is 0 Å². The van der Waals surface area contributed by atoms with Crippen LogP contribution in [-0.2, 0) is 9.59 Å². The average molecular weight is 368 g/mol. The SMILES string of the molecule is COc1ccc(NC(=O)CN2C(=O)S/C(=C\c3ccccc3)C2=O)cc1. The molecule has 3 amide bonds. The summed E-state index contributed by atoms with van der Waals surface area (Å²) in [5.74, 6) is -0.243. The molecule has 0 aliphatic carbocycles. The molecule has 1 aliphatic heterocycles. The number of nitrogens with zero attached hydrogens (tertiary/aromatic N) is 1. The predicted molar refractivity (Wildman–Crippen MR) is 101 cm³/mol. The van der Waals surface area contributed by atoms with Crippen LogP contribution in [0.4, 0.5) is 10.5 Å². The van der Waals surface area contributed by atoms with Crippen LogP contribution < -0.4 is 10.1 Å². The molecule has 0 spiro atoms. The van der Waals surface area contributed by atoms with Gasteiger partial charge in [-0.3, -0.25) is 19.3 Å². The van der Waals surface area contributed by atoms with Gasteiger partial charge in [0.2, 0.25) is 5.91 Å². The summed E-state index contributed by atoms with van der Waals surface area (Å²) in [6.45, 7) is -0.331. The number of amides is 3. The van der Waals surface area contributed by atoms with E-state index in [1.165, 1.54) is 0 Å². The number of carbonyl (C=O) groups excluding carboxylic acids is 3. The van der Waals surface area contributed by atoms with Crippen molar-refractivity contribution >= 4 is 40.6 Å². The van der Waals surface area contributed by atoms with Crippen molar-refractivity contribution in [1.82, 2.24) is 4.90 Å². The lowest BCUT2D eigenvalue weighted by Crippen LogP contribution is -2.36. The summed E-state index contributed by atoms with van der Waals surface area (Å²) in [4.78, 5) is 37.9. The minimum absolute atomic E-state index is 0.304. The van der Waals surface area contributed by atoms with Gasteiger partial charge in [-0.25, -0.2) is 0 Å². The molecule has 1 fully saturated rings. The average Bonchev–Trinajstić information content (AvgIpc) is 2.90. The quantitative estimate of drug-likeness (QED) is 0.819. The first-order valence-corrected chi connectivity index (χ1v) is 8.63. The lowest BCUT2D eigenvalue weighted by Gasteiger charge is -2.12. The number of methoxy groups -OCH3 is 1. The fourth-order valence-corrected chi connectivity index (χ4v) is 3.19. The van der Waals surface area contributed by atoms with Crippen LogP contribution in [0.25, 0.3) is 6.08 Å². The summed E-state index contributed by atoms with van der Waals surface area (Å²) < 4.78 is 5.05. The Hall–Kier alpha value is -3.06. The third kappa shape index (κ3) is 4.12. The number of ether oxygens (including phenoxy) is 1. The van der Waals surface area contributed by atoms with Crippen LogP contribution in [-0.4, -0.2) is 35.6 Å². The van der Waals surface area contributed by atoms with E-state index in [2.05, 4.69) is 5.32 Å². The van der Waals surface area contributed by atoms with Crippen molar-refractivity contribution < 1.29 is 19.1 Å². The van der Waals surface area contributed by atoms with E-state index < -0.39 is 17.1 Å². The number of carbonyl (C=O) groups is 3. The minimum Gasteiger partial charge on any atom is -0.497 e. The number of hydrogen-bond acceptors (Lipinski definition) is 5. The Morgan fingerprint density at radius 3 is 2.46 bits per heavy atom. The normalized spacial score (nSPS) is 15.4. The molecule has 0 saturated carbocycles. The number of hydrogen-bond donors (Lipinski definition) is 1. The van der Waals surface area contributed by atoms with Gasteiger partial charge in [-0.1, -0.05) is 30.3 Å². The summed E-state index contributed by atoms with van der Waals surface area (Å²) in [5, 5.41) is 2.20. The molecule has 0 atom stereocenters. The van der Waals surface area contributed by atoms with Crippen LogP contribution in [0.5, 0.6) is 5.75 Å². The van der Waals surface area contributed by atoms with Gasteiger partial charge in [0.1, 0.15) is 12.3 Å². The molecular formula is C19H16N2O4S. The monoisotopic (exact) mass is 368 g/mol. The summed E-state index contributed by atoms with van der Waals surface area (Å²) in [6, 6.07) is 16.0. The summed E-state index contributed by atoms with van der Waals surface area (Å²) in [6.07, 6.45) is 1.65. The highest BCUT2D eigenvalue weighted by Gasteiger charge is 2.36. The first-order chi connectivity index (χ1) is 12.6. The van der Waals surface area contributed by atoms with E-state index in [1.807, 2.05) is 30.3 Å². The zero-order valence-electron chi connectivity index (χ0n) is 14.0. The van der Waals surface area contributed by atoms with E-state index in [4.69, 9.17) is 4.74 Å². The second-order valence-electron chi connectivity index (χ2n) is 5.46. The van der Waals surface area contributed by atoms with Crippen LogP contribution in [0.2, 0.25) is 0 Å². The molecule has 0 radical (unpaired) electrons. The molecule has 6 nitrogen and oxygen atoms in total. The lowest BCUT2D eigenvalue weighted by atomic mass is 10.2. The molecule has 0 unspecified atom stereocenters. The number of benzene rings is 2. The molecule has 2 aromatic carbocycles. The van der Waals surface area contributed by atoms with E-state index in [1.54, 1.807) is 37.5 Å². The highest BCUT2D eigenvalue weighted by molar-refractivity contribution is 8.18. The maximum atomic E-state index is 12.4. The number of anilines is 1.